The van der Waals surface area contributed by atoms with Crippen LogP contribution in [0, 0.1) is 0 Å². The third-order valence-corrected chi connectivity index (χ3v) is 4.90. The van der Waals surface area contributed by atoms with Crippen LogP contribution in [0.5, 0.6) is 0 Å². The van der Waals surface area contributed by atoms with Crippen molar-refractivity contribution < 1.29 is 13.2 Å². The van der Waals surface area contributed by atoms with Crippen molar-refractivity contribution in [3.8, 4) is 0 Å². The summed E-state index contributed by atoms with van der Waals surface area (Å²) in [7, 11) is -3.35. The first-order chi connectivity index (χ1) is 9.88. The highest BCUT2D eigenvalue weighted by molar-refractivity contribution is 7.88. The van der Waals surface area contributed by atoms with E-state index in [1.165, 1.54) is 4.31 Å². The van der Waals surface area contributed by atoms with Gasteiger partial charge in [0, 0.05) is 31.5 Å². The second-order valence-corrected chi connectivity index (χ2v) is 7.49. The predicted octanol–water partition coefficient (Wildman–Crippen LogP) is 0.202. The molecule has 0 radical (unpaired) electrons. The van der Waals surface area contributed by atoms with Gasteiger partial charge < -0.3 is 9.88 Å². The van der Waals surface area contributed by atoms with E-state index in [1.807, 2.05) is 17.7 Å². The molecule has 1 amide bonds. The average molecular weight is 314 g/mol. The molecule has 118 valence electrons. The highest BCUT2D eigenvalue weighted by Crippen LogP contribution is 2.20. The molecule has 21 heavy (non-hydrogen) atoms. The van der Waals surface area contributed by atoms with Crippen LogP contribution < -0.4 is 5.32 Å². The Kier molecular flexibility index (Phi) is 5.00. The van der Waals surface area contributed by atoms with E-state index in [0.717, 1.165) is 19.1 Å². The van der Waals surface area contributed by atoms with Crippen molar-refractivity contribution in [1.29, 1.82) is 0 Å². The van der Waals surface area contributed by atoms with Crippen molar-refractivity contribution in [3.05, 3.63) is 18.7 Å². The van der Waals surface area contributed by atoms with Crippen LogP contribution in [-0.4, -0.2) is 53.1 Å². The van der Waals surface area contributed by atoms with Gasteiger partial charge in [-0.2, -0.15) is 4.31 Å². The molecule has 1 aromatic rings. The first kappa shape index (κ1) is 16.0. The number of imidazole rings is 1. The summed E-state index contributed by atoms with van der Waals surface area (Å²) in [4.78, 5) is 16.3. The summed E-state index contributed by atoms with van der Waals surface area (Å²) in [6.07, 6.45) is 8.62. The van der Waals surface area contributed by atoms with Gasteiger partial charge >= 0.3 is 0 Å². The van der Waals surface area contributed by atoms with Crippen LogP contribution in [0.3, 0.4) is 0 Å². The molecule has 0 aromatic carbocycles. The molecule has 0 bridgehead atoms. The van der Waals surface area contributed by atoms with E-state index in [2.05, 4.69) is 10.3 Å². The molecule has 7 nitrogen and oxygen atoms in total. The maximum Gasteiger partial charge on any atom is 0.238 e. The van der Waals surface area contributed by atoms with Crippen molar-refractivity contribution >= 4 is 15.9 Å². The van der Waals surface area contributed by atoms with Crippen molar-refractivity contribution in [2.75, 3.05) is 12.8 Å². The lowest BCUT2D eigenvalue weighted by atomic mass is 10.0. The summed E-state index contributed by atoms with van der Waals surface area (Å²) >= 11 is 0. The standard InChI is InChI=1S/C13H22N4O3S/c1-11(9-16-8-6-14-10-16)15-13(18)12-5-3-4-7-17(12)21(2,19)20/h6,8,10-12H,3-5,7,9H2,1-2H3,(H,15,18)/t11-,12+/m1/s1. The molecule has 1 aliphatic heterocycles. The minimum atomic E-state index is -3.35. The highest BCUT2D eigenvalue weighted by atomic mass is 32.2. The smallest absolute Gasteiger partial charge is 0.238 e. The predicted molar refractivity (Wildman–Crippen MR) is 79.0 cm³/mol. The van der Waals surface area contributed by atoms with Gasteiger partial charge in [-0.15, -0.1) is 0 Å². The lowest BCUT2D eigenvalue weighted by molar-refractivity contribution is -0.126. The second kappa shape index (κ2) is 6.57. The first-order valence-corrected chi connectivity index (χ1v) is 8.95. The fraction of sp³-hybridized carbons (Fsp3) is 0.692. The van der Waals surface area contributed by atoms with Gasteiger partial charge in [0.1, 0.15) is 6.04 Å². The second-order valence-electron chi connectivity index (χ2n) is 5.55. The zero-order chi connectivity index (χ0) is 15.5. The fourth-order valence-corrected chi connectivity index (χ4v) is 3.78. The monoisotopic (exact) mass is 314 g/mol. The van der Waals surface area contributed by atoms with Crippen molar-refractivity contribution in [1.82, 2.24) is 19.2 Å². The minimum Gasteiger partial charge on any atom is -0.350 e. The molecule has 1 fully saturated rings. The fourth-order valence-electron chi connectivity index (χ4n) is 2.66. The van der Waals surface area contributed by atoms with Crippen LogP contribution >= 0.6 is 0 Å². The number of aromatic nitrogens is 2. The third kappa shape index (κ3) is 4.28. The number of carbonyl (C=O) groups is 1. The number of nitrogens with zero attached hydrogens (tertiary/aromatic N) is 3. The molecule has 2 heterocycles. The average Bonchev–Trinajstić information content (AvgIpc) is 2.90. The number of carbonyl (C=O) groups excluding carboxylic acids is 1. The molecule has 0 unspecified atom stereocenters. The van der Waals surface area contributed by atoms with Crippen molar-refractivity contribution in [2.24, 2.45) is 0 Å². The van der Waals surface area contributed by atoms with E-state index in [4.69, 9.17) is 0 Å². The van der Waals surface area contributed by atoms with Crippen LogP contribution in [0.25, 0.3) is 0 Å². The number of amides is 1. The maximum atomic E-state index is 12.4. The van der Waals surface area contributed by atoms with Crippen LogP contribution in [0.4, 0.5) is 0 Å². The summed E-state index contributed by atoms with van der Waals surface area (Å²) in [5.74, 6) is -0.215. The van der Waals surface area contributed by atoms with Gasteiger partial charge in [-0.05, 0) is 19.8 Å². The van der Waals surface area contributed by atoms with Gasteiger partial charge in [-0.1, -0.05) is 6.42 Å². The van der Waals surface area contributed by atoms with E-state index in [1.54, 1.807) is 12.5 Å². The van der Waals surface area contributed by atoms with Gasteiger partial charge in [-0.25, -0.2) is 13.4 Å². The zero-order valence-corrected chi connectivity index (χ0v) is 13.2. The molecule has 0 saturated carbocycles. The quantitative estimate of drug-likeness (QED) is 0.841. The maximum absolute atomic E-state index is 12.4. The Balaban J connectivity index is 1.97. The summed E-state index contributed by atoms with van der Waals surface area (Å²) in [5.41, 5.74) is 0. The number of sulfonamides is 1. The molecule has 2 rings (SSSR count). The molecule has 0 aliphatic carbocycles. The van der Waals surface area contributed by atoms with Gasteiger partial charge in [0.05, 0.1) is 12.6 Å². The topological polar surface area (TPSA) is 84.3 Å². The lowest BCUT2D eigenvalue weighted by Gasteiger charge is -2.33. The number of piperidine rings is 1. The van der Waals surface area contributed by atoms with Crippen LogP contribution in [-0.2, 0) is 21.4 Å². The number of rotatable bonds is 5. The molecule has 1 N–H and O–H groups in total. The Labute approximate surface area is 125 Å². The molecule has 0 spiro atoms. The normalized spacial score (nSPS) is 21.9. The summed E-state index contributed by atoms with van der Waals surface area (Å²) in [5, 5.41) is 2.90. The number of nitrogens with one attached hydrogen (secondary N) is 1. The van der Waals surface area contributed by atoms with Crippen LogP contribution in [0.1, 0.15) is 26.2 Å². The van der Waals surface area contributed by atoms with Crippen LogP contribution in [0.15, 0.2) is 18.7 Å². The Morgan fingerprint density at radius 3 is 2.86 bits per heavy atom. The Morgan fingerprint density at radius 1 is 1.48 bits per heavy atom. The SMILES string of the molecule is C[C@H](Cn1ccnc1)NC(=O)[C@@H]1CCCCN1S(C)(=O)=O. The highest BCUT2D eigenvalue weighted by Gasteiger charge is 2.34. The Hall–Kier alpha value is -1.41. The molecule has 1 aliphatic rings. The number of hydrogen-bond acceptors (Lipinski definition) is 4. The van der Waals surface area contributed by atoms with E-state index in [9.17, 15) is 13.2 Å². The zero-order valence-electron chi connectivity index (χ0n) is 12.4. The van der Waals surface area contributed by atoms with Gasteiger partial charge in [0.2, 0.25) is 15.9 Å². The Morgan fingerprint density at radius 2 is 2.24 bits per heavy atom. The van der Waals surface area contributed by atoms with Crippen molar-refractivity contribution in [3.63, 3.8) is 0 Å². The van der Waals surface area contributed by atoms with E-state index < -0.39 is 16.1 Å². The van der Waals surface area contributed by atoms with E-state index in [0.29, 0.717) is 19.5 Å². The molecular formula is C13H22N4O3S. The van der Waals surface area contributed by atoms with Gasteiger partial charge in [0.25, 0.3) is 0 Å². The summed E-state index contributed by atoms with van der Waals surface area (Å²) in [6, 6.07) is -0.672. The Bertz CT molecular complexity index is 570. The summed E-state index contributed by atoms with van der Waals surface area (Å²) < 4.78 is 26.7. The lowest BCUT2D eigenvalue weighted by Crippen LogP contribution is -2.53. The van der Waals surface area contributed by atoms with Crippen molar-refractivity contribution in [2.45, 2.75) is 44.8 Å². The molecule has 1 aromatic heterocycles. The summed E-state index contributed by atoms with van der Waals surface area (Å²) in [6.45, 7) is 2.93. The van der Waals surface area contributed by atoms with E-state index >= 15 is 0 Å². The van der Waals surface area contributed by atoms with E-state index in [-0.39, 0.29) is 11.9 Å². The largest absolute Gasteiger partial charge is 0.350 e. The minimum absolute atomic E-state index is 0.0879. The molecule has 1 saturated heterocycles. The van der Waals surface area contributed by atoms with Gasteiger partial charge in [-0.3, -0.25) is 4.79 Å². The molecule has 2 atom stereocenters. The molecular weight excluding hydrogens is 292 g/mol. The van der Waals surface area contributed by atoms with Crippen LogP contribution in [0.2, 0.25) is 0 Å². The number of hydrogen-bond donors (Lipinski definition) is 1. The first-order valence-electron chi connectivity index (χ1n) is 7.11. The molecule has 8 heteroatoms. The van der Waals surface area contributed by atoms with Gasteiger partial charge in [0.15, 0.2) is 0 Å². The third-order valence-electron chi connectivity index (χ3n) is 3.61.